The minimum absolute atomic E-state index is 0.0587. The van der Waals surface area contributed by atoms with Gasteiger partial charge in [0.05, 0.1) is 12.3 Å². The number of nitrogens with one attached hydrogen (secondary N) is 2. The normalized spacial score (nSPS) is 16.2. The van der Waals surface area contributed by atoms with E-state index in [-0.39, 0.29) is 22.2 Å². The molecule has 7 nitrogen and oxygen atoms in total. The van der Waals surface area contributed by atoms with Gasteiger partial charge in [-0.25, -0.2) is 0 Å². The lowest BCUT2D eigenvalue weighted by Crippen LogP contribution is -2.31. The molecular formula is C21H26N4O3S. The highest BCUT2D eigenvalue weighted by Gasteiger charge is 2.36. The average molecular weight is 415 g/mol. The van der Waals surface area contributed by atoms with Gasteiger partial charge in [-0.2, -0.15) is 5.10 Å². The van der Waals surface area contributed by atoms with E-state index in [0.717, 1.165) is 34.8 Å². The number of amides is 1. The van der Waals surface area contributed by atoms with E-state index in [1.807, 2.05) is 26.0 Å². The fourth-order valence-corrected chi connectivity index (χ4v) is 3.58. The van der Waals surface area contributed by atoms with Crippen LogP contribution in [0.1, 0.15) is 54.6 Å². The number of hydrogen-bond acceptors (Lipinski definition) is 5. The van der Waals surface area contributed by atoms with Gasteiger partial charge < -0.3 is 20.2 Å². The number of carbonyl (C=O) groups is 1. The molecule has 0 saturated carbocycles. The third-order valence-corrected chi connectivity index (χ3v) is 4.82. The number of hydrogen-bond donors (Lipinski definition) is 3. The van der Waals surface area contributed by atoms with Crippen molar-refractivity contribution in [3.05, 3.63) is 46.9 Å². The summed E-state index contributed by atoms with van der Waals surface area (Å²) in [5.41, 5.74) is 11.2. The van der Waals surface area contributed by atoms with Crippen LogP contribution in [0.15, 0.2) is 33.8 Å². The van der Waals surface area contributed by atoms with Crippen molar-refractivity contribution in [1.29, 1.82) is 0 Å². The Morgan fingerprint density at radius 2 is 2.00 bits per heavy atom. The Morgan fingerprint density at radius 1 is 1.31 bits per heavy atom. The summed E-state index contributed by atoms with van der Waals surface area (Å²) in [5, 5.41) is 7.33. The number of thiocarbonyl (C=S) groups is 1. The zero-order valence-electron chi connectivity index (χ0n) is 17.1. The standard InChI is InChI=1S/C21H26N4O3S/c1-5-27-14-8-6-13(7-9-14)23-19(26)18-12(2)17-15(24-25-20(22)29)10-21(3,4)11-16(17)28-18/h6-9H,5,10-11H2,1-4H3,(H,23,26)(H3,22,25,29)/b24-15-. The first-order valence-electron chi connectivity index (χ1n) is 9.49. The second-order valence-electron chi connectivity index (χ2n) is 7.82. The molecule has 1 amide bonds. The van der Waals surface area contributed by atoms with Crippen LogP contribution in [-0.2, 0) is 6.42 Å². The molecule has 4 N–H and O–H groups in total. The van der Waals surface area contributed by atoms with Gasteiger partial charge in [-0.15, -0.1) is 0 Å². The van der Waals surface area contributed by atoms with Crippen molar-refractivity contribution < 1.29 is 13.9 Å². The smallest absolute Gasteiger partial charge is 0.291 e. The van der Waals surface area contributed by atoms with Crippen LogP contribution in [-0.4, -0.2) is 23.3 Å². The van der Waals surface area contributed by atoms with Crippen LogP contribution in [0.2, 0.25) is 0 Å². The van der Waals surface area contributed by atoms with E-state index in [4.69, 9.17) is 27.1 Å². The van der Waals surface area contributed by atoms with Gasteiger partial charge in [0, 0.05) is 23.2 Å². The van der Waals surface area contributed by atoms with Gasteiger partial charge in [0.25, 0.3) is 5.91 Å². The molecule has 0 radical (unpaired) electrons. The van der Waals surface area contributed by atoms with E-state index in [0.29, 0.717) is 18.7 Å². The molecule has 0 atom stereocenters. The number of fused-ring (bicyclic) bond motifs is 1. The van der Waals surface area contributed by atoms with Gasteiger partial charge in [-0.3, -0.25) is 10.2 Å². The van der Waals surface area contributed by atoms with Crippen molar-refractivity contribution in [2.24, 2.45) is 16.3 Å². The van der Waals surface area contributed by atoms with Gasteiger partial charge in [0.2, 0.25) is 0 Å². The van der Waals surface area contributed by atoms with Crippen molar-refractivity contribution in [3.8, 4) is 5.75 Å². The molecule has 0 spiro atoms. The van der Waals surface area contributed by atoms with Crippen LogP contribution >= 0.6 is 12.2 Å². The summed E-state index contributed by atoms with van der Waals surface area (Å²) in [7, 11) is 0. The first kappa shape index (κ1) is 20.9. The number of carbonyl (C=O) groups excluding carboxylic acids is 1. The zero-order chi connectivity index (χ0) is 21.2. The van der Waals surface area contributed by atoms with Gasteiger partial charge in [-0.1, -0.05) is 13.8 Å². The van der Waals surface area contributed by atoms with E-state index >= 15 is 0 Å². The van der Waals surface area contributed by atoms with Crippen molar-refractivity contribution in [3.63, 3.8) is 0 Å². The maximum atomic E-state index is 12.9. The van der Waals surface area contributed by atoms with E-state index < -0.39 is 0 Å². The third-order valence-electron chi connectivity index (χ3n) is 4.72. The molecule has 0 unspecified atom stereocenters. The lowest BCUT2D eigenvalue weighted by molar-refractivity contribution is 0.0993. The minimum Gasteiger partial charge on any atom is -0.494 e. The SMILES string of the molecule is CCOc1ccc(NC(=O)c2oc3c(c2C)/C(=N\NC(N)=S)CC(C)(C)C3)cc1. The number of hydrazone groups is 1. The van der Waals surface area contributed by atoms with E-state index in [9.17, 15) is 4.79 Å². The molecule has 8 heteroatoms. The molecule has 3 rings (SSSR count). The number of benzene rings is 1. The highest BCUT2D eigenvalue weighted by Crippen LogP contribution is 2.39. The lowest BCUT2D eigenvalue weighted by Gasteiger charge is -2.29. The summed E-state index contributed by atoms with van der Waals surface area (Å²) in [6.45, 7) is 8.64. The molecule has 154 valence electrons. The van der Waals surface area contributed by atoms with E-state index in [2.05, 4.69) is 29.7 Å². The maximum Gasteiger partial charge on any atom is 0.291 e. The minimum atomic E-state index is -0.305. The Kier molecular flexibility index (Phi) is 5.93. The van der Waals surface area contributed by atoms with Crippen LogP contribution in [0.4, 0.5) is 5.69 Å². The fourth-order valence-electron chi connectivity index (χ4n) is 3.54. The van der Waals surface area contributed by atoms with E-state index in [1.165, 1.54) is 0 Å². The molecule has 2 aromatic rings. The number of anilines is 1. The van der Waals surface area contributed by atoms with Crippen LogP contribution < -0.4 is 21.2 Å². The highest BCUT2D eigenvalue weighted by atomic mass is 32.1. The molecule has 0 saturated heterocycles. The largest absolute Gasteiger partial charge is 0.494 e. The first-order valence-corrected chi connectivity index (χ1v) is 9.90. The van der Waals surface area contributed by atoms with Gasteiger partial charge in [0.1, 0.15) is 11.5 Å². The van der Waals surface area contributed by atoms with Crippen molar-refractivity contribution >= 4 is 34.6 Å². The summed E-state index contributed by atoms with van der Waals surface area (Å²) in [6.07, 6.45) is 1.43. The molecule has 0 fully saturated rings. The highest BCUT2D eigenvalue weighted by molar-refractivity contribution is 7.80. The summed E-state index contributed by atoms with van der Waals surface area (Å²) in [4.78, 5) is 12.9. The van der Waals surface area contributed by atoms with Crippen molar-refractivity contribution in [2.45, 2.75) is 40.5 Å². The molecule has 1 heterocycles. The van der Waals surface area contributed by atoms with Crippen LogP contribution in [0, 0.1) is 12.3 Å². The van der Waals surface area contributed by atoms with Crippen molar-refractivity contribution in [1.82, 2.24) is 5.43 Å². The molecule has 29 heavy (non-hydrogen) atoms. The predicted octanol–water partition coefficient (Wildman–Crippen LogP) is 3.75. The number of nitrogens with zero attached hydrogens (tertiary/aromatic N) is 1. The number of ether oxygens (including phenoxy) is 1. The Balaban J connectivity index is 1.89. The predicted molar refractivity (Wildman–Crippen MR) is 118 cm³/mol. The van der Waals surface area contributed by atoms with Gasteiger partial charge in [-0.05, 0) is 62.2 Å². The van der Waals surface area contributed by atoms with Crippen LogP contribution in [0.25, 0.3) is 0 Å². The summed E-state index contributed by atoms with van der Waals surface area (Å²) in [6, 6.07) is 7.22. The lowest BCUT2D eigenvalue weighted by atomic mass is 9.75. The molecule has 0 bridgehead atoms. The monoisotopic (exact) mass is 414 g/mol. The Hall–Kier alpha value is -2.87. The topological polar surface area (TPSA) is 102 Å². The molecular weight excluding hydrogens is 388 g/mol. The quantitative estimate of drug-likeness (QED) is 0.509. The molecule has 1 aliphatic rings. The summed E-state index contributed by atoms with van der Waals surface area (Å²) in [5.74, 6) is 1.48. The molecule has 1 aromatic carbocycles. The number of furan rings is 1. The molecule has 1 aromatic heterocycles. The Morgan fingerprint density at radius 3 is 2.62 bits per heavy atom. The summed E-state index contributed by atoms with van der Waals surface area (Å²) >= 11 is 4.86. The number of nitrogens with two attached hydrogens (primary N) is 1. The van der Waals surface area contributed by atoms with Gasteiger partial charge >= 0.3 is 0 Å². The van der Waals surface area contributed by atoms with Crippen LogP contribution in [0.5, 0.6) is 5.75 Å². The summed E-state index contributed by atoms with van der Waals surface area (Å²) < 4.78 is 11.4. The second kappa shape index (κ2) is 8.24. The maximum absolute atomic E-state index is 12.9. The molecule has 0 aliphatic heterocycles. The van der Waals surface area contributed by atoms with E-state index in [1.54, 1.807) is 12.1 Å². The first-order chi connectivity index (χ1) is 13.7. The fraction of sp³-hybridized carbons (Fsp3) is 0.381. The molecule has 1 aliphatic carbocycles. The average Bonchev–Trinajstić information content (AvgIpc) is 2.97. The third kappa shape index (κ3) is 4.76. The zero-order valence-corrected chi connectivity index (χ0v) is 17.9. The van der Waals surface area contributed by atoms with Crippen molar-refractivity contribution in [2.75, 3.05) is 11.9 Å². The Labute approximate surface area is 175 Å². The second-order valence-corrected chi connectivity index (χ2v) is 8.26. The van der Waals surface area contributed by atoms with Gasteiger partial charge in [0.15, 0.2) is 10.9 Å². The Bertz CT molecular complexity index is 961. The number of rotatable bonds is 5. The van der Waals surface area contributed by atoms with Crippen LogP contribution in [0.3, 0.4) is 0 Å².